The van der Waals surface area contributed by atoms with Crippen LogP contribution in [0.1, 0.15) is 21.8 Å². The zero-order chi connectivity index (χ0) is 13.1. The van der Waals surface area contributed by atoms with Gasteiger partial charge in [0.1, 0.15) is 17.3 Å². The van der Waals surface area contributed by atoms with Crippen molar-refractivity contribution in [1.82, 2.24) is 10.5 Å². The molecule has 0 aliphatic rings. The summed E-state index contributed by atoms with van der Waals surface area (Å²) in [5.41, 5.74) is 1.02. The molecule has 1 amide bonds. The number of hydrogen-bond acceptors (Lipinski definition) is 3. The zero-order valence-corrected chi connectivity index (χ0v) is 11.1. The van der Waals surface area contributed by atoms with Crippen molar-refractivity contribution in [2.75, 3.05) is 0 Å². The standard InChI is InChI=1S/C12H10BrFN2O2/c1-7-4-9(16-18-7)6-15-12(17)8-2-3-11(14)10(13)5-8/h2-5H,6H2,1H3,(H,15,17). The van der Waals surface area contributed by atoms with Crippen molar-refractivity contribution in [1.29, 1.82) is 0 Å². The maximum Gasteiger partial charge on any atom is 0.251 e. The number of hydrogen-bond donors (Lipinski definition) is 1. The van der Waals surface area contributed by atoms with Gasteiger partial charge < -0.3 is 9.84 Å². The molecular formula is C12H10BrFN2O2. The van der Waals surface area contributed by atoms with Crippen LogP contribution in [-0.2, 0) is 6.54 Å². The number of aryl methyl sites for hydroxylation is 1. The number of benzene rings is 1. The molecule has 4 nitrogen and oxygen atoms in total. The molecule has 1 aromatic carbocycles. The van der Waals surface area contributed by atoms with Crippen molar-refractivity contribution in [2.24, 2.45) is 0 Å². The number of nitrogens with one attached hydrogen (secondary N) is 1. The van der Waals surface area contributed by atoms with E-state index in [-0.39, 0.29) is 16.9 Å². The Morgan fingerprint density at radius 3 is 2.89 bits per heavy atom. The fraction of sp³-hybridized carbons (Fsp3) is 0.167. The second-order valence-electron chi connectivity index (χ2n) is 3.74. The molecule has 1 aromatic heterocycles. The number of amides is 1. The Bertz CT molecular complexity index is 583. The Morgan fingerprint density at radius 2 is 2.28 bits per heavy atom. The first-order valence-electron chi connectivity index (χ1n) is 5.21. The summed E-state index contributed by atoms with van der Waals surface area (Å²) in [6.45, 7) is 2.04. The van der Waals surface area contributed by atoms with Crippen molar-refractivity contribution in [3.05, 3.63) is 51.6 Å². The van der Waals surface area contributed by atoms with Gasteiger partial charge in [-0.05, 0) is 41.1 Å². The maximum atomic E-state index is 13.0. The first-order chi connectivity index (χ1) is 8.56. The average Bonchev–Trinajstić information content (AvgIpc) is 2.75. The van der Waals surface area contributed by atoms with Gasteiger partial charge in [0.2, 0.25) is 0 Å². The van der Waals surface area contributed by atoms with E-state index in [4.69, 9.17) is 4.52 Å². The molecule has 0 spiro atoms. The van der Waals surface area contributed by atoms with Crippen LogP contribution < -0.4 is 5.32 Å². The summed E-state index contributed by atoms with van der Waals surface area (Å²) in [6, 6.07) is 5.82. The van der Waals surface area contributed by atoms with Crippen molar-refractivity contribution in [2.45, 2.75) is 13.5 Å². The summed E-state index contributed by atoms with van der Waals surface area (Å²) in [4.78, 5) is 11.8. The number of carbonyl (C=O) groups excluding carboxylic acids is 1. The van der Waals surface area contributed by atoms with E-state index >= 15 is 0 Å². The van der Waals surface area contributed by atoms with Crippen molar-refractivity contribution in [3.8, 4) is 0 Å². The minimum absolute atomic E-state index is 0.257. The van der Waals surface area contributed by atoms with Gasteiger partial charge in [-0.1, -0.05) is 5.16 Å². The van der Waals surface area contributed by atoms with Crippen molar-refractivity contribution in [3.63, 3.8) is 0 Å². The van der Waals surface area contributed by atoms with Gasteiger partial charge in [0.15, 0.2) is 0 Å². The molecule has 0 saturated carbocycles. The molecule has 0 aliphatic carbocycles. The number of halogens is 2. The molecule has 2 rings (SSSR count). The highest BCUT2D eigenvalue weighted by molar-refractivity contribution is 9.10. The summed E-state index contributed by atoms with van der Waals surface area (Å²) < 4.78 is 18.2. The van der Waals surface area contributed by atoms with Crippen LogP contribution in [0, 0.1) is 12.7 Å². The number of carbonyl (C=O) groups is 1. The number of rotatable bonds is 3. The molecule has 1 heterocycles. The lowest BCUT2D eigenvalue weighted by atomic mass is 10.2. The van der Waals surface area contributed by atoms with Gasteiger partial charge in [0.05, 0.1) is 11.0 Å². The summed E-state index contributed by atoms with van der Waals surface area (Å²) in [7, 11) is 0. The normalized spacial score (nSPS) is 10.4. The summed E-state index contributed by atoms with van der Waals surface area (Å²) in [5.74, 6) is -0.0150. The second kappa shape index (κ2) is 5.30. The van der Waals surface area contributed by atoms with Gasteiger partial charge in [0, 0.05) is 11.6 Å². The lowest BCUT2D eigenvalue weighted by Gasteiger charge is -2.03. The zero-order valence-electron chi connectivity index (χ0n) is 9.54. The summed E-state index contributed by atoms with van der Waals surface area (Å²) in [5, 5.41) is 6.42. The molecule has 0 unspecified atom stereocenters. The maximum absolute atomic E-state index is 13.0. The fourth-order valence-corrected chi connectivity index (χ4v) is 1.79. The third-order valence-corrected chi connectivity index (χ3v) is 2.90. The van der Waals surface area contributed by atoms with E-state index in [9.17, 15) is 9.18 Å². The monoisotopic (exact) mass is 312 g/mol. The minimum atomic E-state index is -0.404. The van der Waals surface area contributed by atoms with Gasteiger partial charge in [-0.3, -0.25) is 4.79 Å². The van der Waals surface area contributed by atoms with E-state index < -0.39 is 5.82 Å². The predicted octanol–water partition coefficient (Wildman–Crippen LogP) is 2.81. The molecule has 0 saturated heterocycles. The van der Waals surface area contributed by atoms with Crippen LogP contribution in [0.25, 0.3) is 0 Å². The third kappa shape index (κ3) is 2.95. The smallest absolute Gasteiger partial charge is 0.251 e. The van der Waals surface area contributed by atoms with Crippen LogP contribution in [0.4, 0.5) is 4.39 Å². The largest absolute Gasteiger partial charge is 0.361 e. The van der Waals surface area contributed by atoms with Gasteiger partial charge in [-0.15, -0.1) is 0 Å². The van der Waals surface area contributed by atoms with E-state index in [0.717, 1.165) is 0 Å². The van der Waals surface area contributed by atoms with E-state index in [2.05, 4.69) is 26.4 Å². The lowest BCUT2D eigenvalue weighted by Crippen LogP contribution is -2.22. The SMILES string of the molecule is Cc1cc(CNC(=O)c2ccc(F)c(Br)c2)no1. The van der Waals surface area contributed by atoms with Crippen LogP contribution in [0.3, 0.4) is 0 Å². The molecule has 0 bridgehead atoms. The quantitative estimate of drug-likeness (QED) is 0.948. The van der Waals surface area contributed by atoms with Crippen molar-refractivity contribution < 1.29 is 13.7 Å². The Morgan fingerprint density at radius 1 is 1.50 bits per heavy atom. The van der Waals surface area contributed by atoms with E-state index in [1.165, 1.54) is 18.2 Å². The van der Waals surface area contributed by atoms with Crippen LogP contribution in [0.15, 0.2) is 33.3 Å². The van der Waals surface area contributed by atoms with Gasteiger partial charge in [-0.2, -0.15) is 0 Å². The number of nitrogens with zero attached hydrogens (tertiary/aromatic N) is 1. The Labute approximate surface area is 111 Å². The average molecular weight is 313 g/mol. The van der Waals surface area contributed by atoms with Crippen LogP contribution in [0.2, 0.25) is 0 Å². The Balaban J connectivity index is 2.01. The topological polar surface area (TPSA) is 55.1 Å². The predicted molar refractivity (Wildman–Crippen MR) is 66.5 cm³/mol. The molecule has 94 valence electrons. The lowest BCUT2D eigenvalue weighted by molar-refractivity contribution is 0.0950. The Hall–Kier alpha value is -1.69. The molecule has 2 aromatic rings. The minimum Gasteiger partial charge on any atom is -0.361 e. The molecule has 0 radical (unpaired) electrons. The van der Waals surface area contributed by atoms with Crippen molar-refractivity contribution >= 4 is 21.8 Å². The summed E-state index contributed by atoms with van der Waals surface area (Å²) in [6.07, 6.45) is 0. The third-order valence-electron chi connectivity index (χ3n) is 2.29. The molecule has 6 heteroatoms. The van der Waals surface area contributed by atoms with Gasteiger partial charge in [0.25, 0.3) is 5.91 Å². The Kier molecular flexibility index (Phi) is 3.76. The molecule has 0 aliphatic heterocycles. The highest BCUT2D eigenvalue weighted by Gasteiger charge is 2.09. The van der Waals surface area contributed by atoms with Gasteiger partial charge >= 0.3 is 0 Å². The fourth-order valence-electron chi connectivity index (χ4n) is 1.41. The van der Waals surface area contributed by atoms with Crippen LogP contribution >= 0.6 is 15.9 Å². The van der Waals surface area contributed by atoms with Crippen LogP contribution in [-0.4, -0.2) is 11.1 Å². The molecule has 18 heavy (non-hydrogen) atoms. The highest BCUT2D eigenvalue weighted by Crippen LogP contribution is 2.16. The van der Waals surface area contributed by atoms with E-state index in [0.29, 0.717) is 17.0 Å². The highest BCUT2D eigenvalue weighted by atomic mass is 79.9. The molecule has 1 N–H and O–H groups in total. The van der Waals surface area contributed by atoms with E-state index in [1.807, 2.05) is 0 Å². The van der Waals surface area contributed by atoms with E-state index in [1.54, 1.807) is 13.0 Å². The summed E-state index contributed by atoms with van der Waals surface area (Å²) >= 11 is 3.03. The molecular weight excluding hydrogens is 303 g/mol. The molecule has 0 atom stereocenters. The first-order valence-corrected chi connectivity index (χ1v) is 6.01. The van der Waals surface area contributed by atoms with Gasteiger partial charge in [-0.25, -0.2) is 4.39 Å². The first kappa shape index (κ1) is 12.8. The molecule has 0 fully saturated rings. The second-order valence-corrected chi connectivity index (χ2v) is 4.59. The number of aromatic nitrogens is 1. The van der Waals surface area contributed by atoms with Crippen LogP contribution in [0.5, 0.6) is 0 Å².